The Kier molecular flexibility index (Phi) is 2.01. The van der Waals surface area contributed by atoms with Crippen LogP contribution in [0.2, 0.25) is 0 Å². The SMILES string of the molecule is C=CCON1C(=O)[C@@H]2[C@H](C1=O)[C@H]1C=C[C@H]2C1. The zero-order valence-corrected chi connectivity index (χ0v) is 8.83. The van der Waals surface area contributed by atoms with E-state index in [9.17, 15) is 9.59 Å². The number of hydrogen-bond acceptors (Lipinski definition) is 3. The van der Waals surface area contributed by atoms with Crippen LogP contribution in [-0.2, 0) is 14.4 Å². The third-order valence-corrected chi connectivity index (χ3v) is 3.75. The quantitative estimate of drug-likeness (QED) is 0.523. The lowest BCUT2D eigenvalue weighted by atomic mass is 9.85. The van der Waals surface area contributed by atoms with Gasteiger partial charge in [0.15, 0.2) is 0 Å². The second kappa shape index (κ2) is 3.28. The Hall–Kier alpha value is -1.42. The molecule has 0 aromatic rings. The zero-order valence-electron chi connectivity index (χ0n) is 8.83. The molecule has 0 aromatic heterocycles. The molecule has 0 radical (unpaired) electrons. The molecule has 16 heavy (non-hydrogen) atoms. The molecule has 1 saturated heterocycles. The van der Waals surface area contributed by atoms with Crippen LogP contribution in [0.15, 0.2) is 24.8 Å². The lowest BCUT2D eigenvalue weighted by Crippen LogP contribution is -2.33. The molecule has 0 unspecified atom stereocenters. The van der Waals surface area contributed by atoms with Crippen molar-refractivity contribution in [2.75, 3.05) is 6.61 Å². The number of rotatable bonds is 3. The highest BCUT2D eigenvalue weighted by molar-refractivity contribution is 6.05. The Morgan fingerprint density at radius 2 is 1.88 bits per heavy atom. The van der Waals surface area contributed by atoms with E-state index >= 15 is 0 Å². The number of nitrogens with zero attached hydrogens (tertiary/aromatic N) is 1. The van der Waals surface area contributed by atoms with Crippen LogP contribution in [0.25, 0.3) is 0 Å². The predicted octanol–water partition coefficient (Wildman–Crippen LogP) is 0.911. The van der Waals surface area contributed by atoms with Gasteiger partial charge in [-0.1, -0.05) is 18.2 Å². The number of hydroxylamine groups is 2. The first-order valence-electron chi connectivity index (χ1n) is 5.54. The van der Waals surface area contributed by atoms with Crippen molar-refractivity contribution in [2.45, 2.75) is 6.42 Å². The minimum atomic E-state index is -0.174. The lowest BCUT2D eigenvalue weighted by molar-refractivity contribution is -0.186. The summed E-state index contributed by atoms with van der Waals surface area (Å²) in [7, 11) is 0. The van der Waals surface area contributed by atoms with E-state index in [1.165, 1.54) is 6.08 Å². The van der Waals surface area contributed by atoms with Gasteiger partial charge in [0.25, 0.3) is 11.8 Å². The Balaban J connectivity index is 1.86. The molecule has 84 valence electrons. The topological polar surface area (TPSA) is 46.6 Å². The summed E-state index contributed by atoms with van der Waals surface area (Å²) in [6.45, 7) is 3.69. The normalized spacial score (nSPS) is 39.6. The molecular weight excluding hydrogens is 206 g/mol. The maximum absolute atomic E-state index is 12.0. The molecule has 4 atom stereocenters. The van der Waals surface area contributed by atoms with Crippen LogP contribution < -0.4 is 0 Å². The van der Waals surface area contributed by atoms with Gasteiger partial charge in [-0.25, -0.2) is 0 Å². The van der Waals surface area contributed by atoms with Crippen molar-refractivity contribution in [3.8, 4) is 0 Å². The van der Waals surface area contributed by atoms with Crippen molar-refractivity contribution in [2.24, 2.45) is 23.7 Å². The zero-order chi connectivity index (χ0) is 11.3. The van der Waals surface area contributed by atoms with Crippen molar-refractivity contribution < 1.29 is 14.4 Å². The van der Waals surface area contributed by atoms with E-state index in [0.29, 0.717) is 0 Å². The van der Waals surface area contributed by atoms with Crippen LogP contribution in [0, 0.1) is 23.7 Å². The van der Waals surface area contributed by atoms with Crippen LogP contribution in [0.3, 0.4) is 0 Å². The van der Waals surface area contributed by atoms with Gasteiger partial charge in [0.2, 0.25) is 0 Å². The molecule has 0 aromatic carbocycles. The van der Waals surface area contributed by atoms with Crippen LogP contribution in [0.1, 0.15) is 6.42 Å². The van der Waals surface area contributed by atoms with Gasteiger partial charge in [0, 0.05) is 0 Å². The molecule has 2 aliphatic carbocycles. The molecule has 1 aliphatic heterocycles. The second-order valence-corrected chi connectivity index (χ2v) is 4.56. The van der Waals surface area contributed by atoms with E-state index in [0.717, 1.165) is 11.5 Å². The van der Waals surface area contributed by atoms with E-state index in [2.05, 4.69) is 18.7 Å². The van der Waals surface area contributed by atoms with Crippen LogP contribution in [0.5, 0.6) is 0 Å². The molecule has 0 N–H and O–H groups in total. The summed E-state index contributed by atoms with van der Waals surface area (Å²) in [5.41, 5.74) is 0. The van der Waals surface area contributed by atoms with E-state index in [-0.39, 0.29) is 42.1 Å². The number of carbonyl (C=O) groups excluding carboxylic acids is 2. The highest BCUT2D eigenvalue weighted by Crippen LogP contribution is 2.52. The molecular formula is C12H13NO3. The summed E-state index contributed by atoms with van der Waals surface area (Å²) < 4.78 is 0. The second-order valence-electron chi connectivity index (χ2n) is 4.56. The molecule has 1 heterocycles. The first-order valence-corrected chi connectivity index (χ1v) is 5.54. The standard InChI is InChI=1S/C12H13NO3/c1-2-5-16-13-11(14)9-7-3-4-8(6-7)10(9)12(13)15/h2-4,7-10H,1,5-6H2/t7-,8-,9-,10+/m0/s1. The van der Waals surface area contributed by atoms with Crippen LogP contribution in [-0.4, -0.2) is 23.5 Å². The number of fused-ring (bicyclic) bond motifs is 5. The Bertz CT molecular complexity index is 371. The number of hydrogen-bond donors (Lipinski definition) is 0. The molecule has 3 rings (SSSR count). The highest BCUT2D eigenvalue weighted by atomic mass is 16.7. The molecule has 4 heteroatoms. The summed E-state index contributed by atoms with van der Waals surface area (Å²) in [5.74, 6) is -0.213. The van der Waals surface area contributed by atoms with Gasteiger partial charge in [-0.15, -0.1) is 6.58 Å². The fourth-order valence-electron chi connectivity index (χ4n) is 3.13. The summed E-state index contributed by atoms with van der Waals surface area (Å²) >= 11 is 0. The third-order valence-electron chi connectivity index (χ3n) is 3.75. The van der Waals surface area contributed by atoms with Crippen molar-refractivity contribution in [3.63, 3.8) is 0 Å². The van der Waals surface area contributed by atoms with Crippen molar-refractivity contribution in [1.29, 1.82) is 0 Å². The summed E-state index contributed by atoms with van der Waals surface area (Å²) in [4.78, 5) is 29.1. The van der Waals surface area contributed by atoms with Crippen LogP contribution >= 0.6 is 0 Å². The molecule has 2 fully saturated rings. The summed E-state index contributed by atoms with van der Waals surface area (Å²) in [6.07, 6.45) is 6.60. The smallest absolute Gasteiger partial charge is 0.258 e. The van der Waals surface area contributed by atoms with Gasteiger partial charge in [-0.05, 0) is 18.3 Å². The first-order chi connectivity index (χ1) is 7.74. The highest BCUT2D eigenvalue weighted by Gasteiger charge is 2.59. The van der Waals surface area contributed by atoms with Gasteiger partial charge in [0.1, 0.15) is 0 Å². The molecule has 4 nitrogen and oxygen atoms in total. The van der Waals surface area contributed by atoms with E-state index in [4.69, 9.17) is 4.84 Å². The third kappa shape index (κ3) is 1.08. The minimum Gasteiger partial charge on any atom is -0.272 e. The summed E-state index contributed by atoms with van der Waals surface area (Å²) in [5, 5.41) is 0.948. The van der Waals surface area contributed by atoms with Crippen molar-refractivity contribution in [3.05, 3.63) is 24.8 Å². The molecule has 1 saturated carbocycles. The fraction of sp³-hybridized carbons (Fsp3) is 0.500. The van der Waals surface area contributed by atoms with E-state index in [1.807, 2.05) is 0 Å². The molecule has 2 bridgehead atoms. The van der Waals surface area contributed by atoms with Gasteiger partial charge in [0.05, 0.1) is 18.4 Å². The predicted molar refractivity (Wildman–Crippen MR) is 55.7 cm³/mol. The van der Waals surface area contributed by atoms with Gasteiger partial charge < -0.3 is 0 Å². The van der Waals surface area contributed by atoms with E-state index in [1.54, 1.807) is 0 Å². The van der Waals surface area contributed by atoms with E-state index < -0.39 is 0 Å². The number of allylic oxidation sites excluding steroid dienone is 2. The maximum atomic E-state index is 12.0. The van der Waals surface area contributed by atoms with Gasteiger partial charge >= 0.3 is 0 Å². The Morgan fingerprint density at radius 1 is 1.31 bits per heavy atom. The fourth-order valence-corrected chi connectivity index (χ4v) is 3.13. The average molecular weight is 219 g/mol. The minimum absolute atomic E-state index is 0.172. The molecule has 0 spiro atoms. The monoisotopic (exact) mass is 219 g/mol. The van der Waals surface area contributed by atoms with Crippen molar-refractivity contribution in [1.82, 2.24) is 5.06 Å². The number of amides is 2. The van der Waals surface area contributed by atoms with Crippen molar-refractivity contribution >= 4 is 11.8 Å². The summed E-state index contributed by atoms with van der Waals surface area (Å²) in [6, 6.07) is 0. The molecule has 2 amide bonds. The largest absolute Gasteiger partial charge is 0.272 e. The van der Waals surface area contributed by atoms with Gasteiger partial charge in [-0.2, -0.15) is 5.06 Å². The maximum Gasteiger partial charge on any atom is 0.258 e. The first kappa shape index (κ1) is 9.78. The average Bonchev–Trinajstić information content (AvgIpc) is 2.92. The lowest BCUT2D eigenvalue weighted by Gasteiger charge is -2.15. The Morgan fingerprint density at radius 3 is 2.38 bits per heavy atom. The number of imide groups is 1. The Labute approximate surface area is 93.5 Å². The van der Waals surface area contributed by atoms with Gasteiger partial charge in [-0.3, -0.25) is 14.4 Å². The number of carbonyl (C=O) groups is 2. The van der Waals surface area contributed by atoms with Crippen LogP contribution in [0.4, 0.5) is 0 Å². The molecule has 3 aliphatic rings.